The van der Waals surface area contributed by atoms with Crippen LogP contribution in [0.15, 0.2) is 18.2 Å². The molecule has 1 fully saturated rings. The Labute approximate surface area is 96.6 Å². The van der Waals surface area contributed by atoms with E-state index in [1.165, 1.54) is 19.3 Å². The van der Waals surface area contributed by atoms with Crippen molar-refractivity contribution in [3.05, 3.63) is 23.8 Å². The van der Waals surface area contributed by atoms with E-state index in [-0.39, 0.29) is 5.75 Å². The Morgan fingerprint density at radius 2 is 1.94 bits per heavy atom. The molecule has 0 atom stereocenters. The number of nitrogens with zero attached hydrogens (tertiary/aromatic N) is 1. The summed E-state index contributed by atoms with van der Waals surface area (Å²) in [4.78, 5) is 2.43. The van der Waals surface area contributed by atoms with Crippen LogP contribution < -0.4 is 4.74 Å². The first-order chi connectivity index (χ1) is 7.78. The predicted molar refractivity (Wildman–Crippen MR) is 63.8 cm³/mol. The van der Waals surface area contributed by atoms with E-state index >= 15 is 0 Å². The lowest BCUT2D eigenvalue weighted by molar-refractivity contribution is 0.220. The molecule has 3 heteroatoms. The molecule has 16 heavy (non-hydrogen) atoms. The van der Waals surface area contributed by atoms with Gasteiger partial charge in [-0.1, -0.05) is 6.42 Å². The number of likely N-dealkylation sites (tertiary alicyclic amines) is 1. The Bertz CT molecular complexity index is 346. The van der Waals surface area contributed by atoms with Crippen LogP contribution in [0.1, 0.15) is 24.8 Å². The largest absolute Gasteiger partial charge is 0.508 e. The highest BCUT2D eigenvalue weighted by molar-refractivity contribution is 5.37. The maximum absolute atomic E-state index is 9.56. The summed E-state index contributed by atoms with van der Waals surface area (Å²) >= 11 is 0. The van der Waals surface area contributed by atoms with Crippen LogP contribution in [-0.4, -0.2) is 30.2 Å². The normalized spacial score (nSPS) is 17.3. The first kappa shape index (κ1) is 11.3. The standard InChI is InChI=1S/C13H19NO2/c1-16-13-8-11(7-12(15)9-13)10-14-5-3-2-4-6-14/h7-9,15H,2-6,10H2,1H3. The summed E-state index contributed by atoms with van der Waals surface area (Å²) in [6.07, 6.45) is 3.92. The Morgan fingerprint density at radius 1 is 1.19 bits per heavy atom. The zero-order valence-electron chi connectivity index (χ0n) is 9.78. The quantitative estimate of drug-likeness (QED) is 0.850. The summed E-state index contributed by atoms with van der Waals surface area (Å²) in [6.45, 7) is 3.24. The van der Waals surface area contributed by atoms with Crippen LogP contribution in [0.2, 0.25) is 0 Å². The van der Waals surface area contributed by atoms with Gasteiger partial charge in [0.1, 0.15) is 11.5 Å². The Balaban J connectivity index is 2.04. The lowest BCUT2D eigenvalue weighted by Crippen LogP contribution is -2.29. The minimum absolute atomic E-state index is 0.284. The number of piperidine rings is 1. The van der Waals surface area contributed by atoms with Crippen molar-refractivity contribution < 1.29 is 9.84 Å². The van der Waals surface area contributed by atoms with E-state index < -0.39 is 0 Å². The zero-order valence-corrected chi connectivity index (χ0v) is 9.78. The van der Waals surface area contributed by atoms with E-state index in [0.29, 0.717) is 0 Å². The molecule has 3 nitrogen and oxygen atoms in total. The molecule has 1 aliphatic rings. The Hall–Kier alpha value is -1.22. The van der Waals surface area contributed by atoms with Crippen LogP contribution in [0, 0.1) is 0 Å². The number of hydrogen-bond donors (Lipinski definition) is 1. The fourth-order valence-electron chi connectivity index (χ4n) is 2.23. The van der Waals surface area contributed by atoms with E-state index in [2.05, 4.69) is 4.90 Å². The van der Waals surface area contributed by atoms with Gasteiger partial charge in [-0.05, 0) is 43.6 Å². The molecule has 0 unspecified atom stereocenters. The molecular formula is C13H19NO2. The van der Waals surface area contributed by atoms with Crippen LogP contribution >= 0.6 is 0 Å². The highest BCUT2D eigenvalue weighted by Gasteiger charge is 2.11. The first-order valence-electron chi connectivity index (χ1n) is 5.87. The number of aromatic hydroxyl groups is 1. The van der Waals surface area contributed by atoms with Gasteiger partial charge in [-0.2, -0.15) is 0 Å². The molecule has 0 aliphatic carbocycles. The van der Waals surface area contributed by atoms with Gasteiger partial charge in [0.25, 0.3) is 0 Å². The molecule has 0 radical (unpaired) electrons. The number of rotatable bonds is 3. The molecule has 1 aromatic carbocycles. The number of phenols is 1. The average Bonchev–Trinajstić information content (AvgIpc) is 2.29. The second kappa shape index (κ2) is 5.21. The fraction of sp³-hybridized carbons (Fsp3) is 0.538. The molecule has 1 aromatic rings. The Kier molecular flexibility index (Phi) is 3.67. The summed E-state index contributed by atoms with van der Waals surface area (Å²) in [5, 5.41) is 9.56. The van der Waals surface area contributed by atoms with E-state index in [1.807, 2.05) is 12.1 Å². The summed E-state index contributed by atoms with van der Waals surface area (Å²) in [7, 11) is 1.62. The van der Waals surface area contributed by atoms with Crippen molar-refractivity contribution in [2.24, 2.45) is 0 Å². The molecular weight excluding hydrogens is 202 g/mol. The topological polar surface area (TPSA) is 32.7 Å². The molecule has 0 aromatic heterocycles. The lowest BCUT2D eigenvalue weighted by Gasteiger charge is -2.26. The van der Waals surface area contributed by atoms with Crippen molar-refractivity contribution >= 4 is 0 Å². The fourth-order valence-corrected chi connectivity index (χ4v) is 2.23. The van der Waals surface area contributed by atoms with E-state index in [4.69, 9.17) is 4.74 Å². The predicted octanol–water partition coefficient (Wildman–Crippen LogP) is 2.39. The van der Waals surface area contributed by atoms with Crippen molar-refractivity contribution in [2.45, 2.75) is 25.8 Å². The van der Waals surface area contributed by atoms with Gasteiger partial charge in [0.05, 0.1) is 7.11 Å². The van der Waals surface area contributed by atoms with Crippen LogP contribution in [-0.2, 0) is 6.54 Å². The molecule has 0 bridgehead atoms. The number of benzene rings is 1. The minimum Gasteiger partial charge on any atom is -0.508 e. The summed E-state index contributed by atoms with van der Waals surface area (Å²) in [5.74, 6) is 1.01. The second-order valence-electron chi connectivity index (χ2n) is 4.38. The maximum Gasteiger partial charge on any atom is 0.122 e. The molecule has 0 spiro atoms. The van der Waals surface area contributed by atoms with E-state index in [1.54, 1.807) is 13.2 Å². The number of phenolic OH excluding ortho intramolecular Hbond substituents is 1. The number of ether oxygens (including phenoxy) is 1. The molecule has 2 rings (SSSR count). The molecule has 1 heterocycles. The first-order valence-corrected chi connectivity index (χ1v) is 5.87. The van der Waals surface area contributed by atoms with Gasteiger partial charge in [0, 0.05) is 12.6 Å². The zero-order chi connectivity index (χ0) is 11.4. The van der Waals surface area contributed by atoms with Crippen LogP contribution in [0.5, 0.6) is 11.5 Å². The molecule has 1 N–H and O–H groups in total. The summed E-state index contributed by atoms with van der Waals surface area (Å²) < 4.78 is 5.15. The average molecular weight is 221 g/mol. The smallest absolute Gasteiger partial charge is 0.122 e. The Morgan fingerprint density at radius 3 is 2.62 bits per heavy atom. The molecule has 1 aliphatic heterocycles. The molecule has 0 amide bonds. The minimum atomic E-state index is 0.284. The van der Waals surface area contributed by atoms with Gasteiger partial charge in [-0.25, -0.2) is 0 Å². The van der Waals surface area contributed by atoms with Gasteiger partial charge in [-0.3, -0.25) is 4.90 Å². The molecule has 0 saturated carbocycles. The third-order valence-corrected chi connectivity index (χ3v) is 3.04. The van der Waals surface area contributed by atoms with Gasteiger partial charge >= 0.3 is 0 Å². The summed E-state index contributed by atoms with van der Waals surface area (Å²) in [6, 6.07) is 5.45. The van der Waals surface area contributed by atoms with Crippen molar-refractivity contribution in [3.8, 4) is 11.5 Å². The van der Waals surface area contributed by atoms with Crippen molar-refractivity contribution in [3.63, 3.8) is 0 Å². The number of methoxy groups -OCH3 is 1. The molecule has 1 saturated heterocycles. The maximum atomic E-state index is 9.56. The van der Waals surface area contributed by atoms with E-state index in [0.717, 1.165) is 30.9 Å². The van der Waals surface area contributed by atoms with Crippen molar-refractivity contribution in [2.75, 3.05) is 20.2 Å². The van der Waals surface area contributed by atoms with Crippen molar-refractivity contribution in [1.29, 1.82) is 0 Å². The van der Waals surface area contributed by atoms with Crippen molar-refractivity contribution in [1.82, 2.24) is 4.90 Å². The SMILES string of the molecule is COc1cc(O)cc(CN2CCCCC2)c1. The van der Waals surface area contributed by atoms with E-state index in [9.17, 15) is 5.11 Å². The number of hydrogen-bond acceptors (Lipinski definition) is 3. The highest BCUT2D eigenvalue weighted by atomic mass is 16.5. The third kappa shape index (κ3) is 2.89. The highest BCUT2D eigenvalue weighted by Crippen LogP contribution is 2.23. The molecule has 88 valence electrons. The lowest BCUT2D eigenvalue weighted by atomic mass is 10.1. The third-order valence-electron chi connectivity index (χ3n) is 3.04. The second-order valence-corrected chi connectivity index (χ2v) is 4.38. The summed E-state index contributed by atoms with van der Waals surface area (Å²) in [5.41, 5.74) is 1.12. The van der Waals surface area contributed by atoms with Gasteiger partial charge in [0.15, 0.2) is 0 Å². The van der Waals surface area contributed by atoms with Crippen LogP contribution in [0.25, 0.3) is 0 Å². The van der Waals surface area contributed by atoms with Gasteiger partial charge in [-0.15, -0.1) is 0 Å². The van der Waals surface area contributed by atoms with Gasteiger partial charge in [0.2, 0.25) is 0 Å². The van der Waals surface area contributed by atoms with Crippen LogP contribution in [0.3, 0.4) is 0 Å². The monoisotopic (exact) mass is 221 g/mol. The van der Waals surface area contributed by atoms with Gasteiger partial charge < -0.3 is 9.84 Å². The van der Waals surface area contributed by atoms with Crippen LogP contribution in [0.4, 0.5) is 0 Å².